The molecule has 0 aromatic rings. The Kier molecular flexibility index (Phi) is 4.73. The zero-order valence-electron chi connectivity index (χ0n) is 9.68. The summed E-state index contributed by atoms with van der Waals surface area (Å²) < 4.78 is 22.2. The zero-order valence-corrected chi connectivity index (χ0v) is 10.5. The second kappa shape index (κ2) is 5.63. The van der Waals surface area contributed by atoms with E-state index < -0.39 is 9.84 Å². The van der Waals surface area contributed by atoms with Crippen LogP contribution < -0.4 is 5.73 Å². The molecule has 0 aliphatic heterocycles. The van der Waals surface area contributed by atoms with Gasteiger partial charge in [-0.2, -0.15) is 0 Å². The number of hydrogen-bond acceptors (Lipinski definition) is 4. The molecule has 1 rings (SSSR count). The largest absolute Gasteiger partial charge is 0.369 e. The fraction of sp³-hybridized carbons (Fsp3) is 0.900. The first-order valence-corrected chi connectivity index (χ1v) is 7.64. The Hall–Kier alpha value is -0.620. The first kappa shape index (κ1) is 13.4. The van der Waals surface area contributed by atoms with E-state index >= 15 is 0 Å². The van der Waals surface area contributed by atoms with Crippen molar-refractivity contribution in [3.63, 3.8) is 0 Å². The van der Waals surface area contributed by atoms with E-state index in [2.05, 4.69) is 0 Å². The number of sulfone groups is 1. The van der Waals surface area contributed by atoms with Gasteiger partial charge in [0.05, 0.1) is 12.3 Å². The normalized spacial score (nSPS) is 18.1. The fourth-order valence-corrected chi connectivity index (χ4v) is 2.71. The maximum Gasteiger partial charge on any atom is 0.231 e. The summed E-state index contributed by atoms with van der Waals surface area (Å²) in [6, 6.07) is 0.328. The summed E-state index contributed by atoms with van der Waals surface area (Å²) in [4.78, 5) is 12.8. The molecule has 0 radical (unpaired) electrons. The van der Waals surface area contributed by atoms with Gasteiger partial charge in [0.25, 0.3) is 0 Å². The van der Waals surface area contributed by atoms with E-state index in [1.807, 2.05) is 4.90 Å². The summed E-state index contributed by atoms with van der Waals surface area (Å²) in [6.07, 6.45) is 5.59. The van der Waals surface area contributed by atoms with Gasteiger partial charge < -0.3 is 5.73 Å². The van der Waals surface area contributed by atoms with Crippen molar-refractivity contribution in [2.24, 2.45) is 5.73 Å². The molecule has 6 heteroatoms. The molecule has 0 bridgehead atoms. The van der Waals surface area contributed by atoms with Gasteiger partial charge in [0.15, 0.2) is 0 Å². The van der Waals surface area contributed by atoms with Gasteiger partial charge in [-0.1, -0.05) is 12.8 Å². The van der Waals surface area contributed by atoms with E-state index in [9.17, 15) is 13.2 Å². The lowest BCUT2D eigenvalue weighted by Gasteiger charge is -2.26. The highest BCUT2D eigenvalue weighted by Crippen LogP contribution is 2.23. The SMILES string of the molecule is CS(=O)(=O)CCN(CC(N)=O)C1CCCC1. The topological polar surface area (TPSA) is 80.5 Å². The minimum atomic E-state index is -2.98. The van der Waals surface area contributed by atoms with E-state index in [1.54, 1.807) is 0 Å². The summed E-state index contributed by atoms with van der Waals surface area (Å²) >= 11 is 0. The average Bonchev–Trinajstić information content (AvgIpc) is 2.62. The highest BCUT2D eigenvalue weighted by molar-refractivity contribution is 7.90. The van der Waals surface area contributed by atoms with Crippen LogP contribution in [0, 0.1) is 0 Å². The van der Waals surface area contributed by atoms with E-state index in [4.69, 9.17) is 5.73 Å². The highest BCUT2D eigenvalue weighted by atomic mass is 32.2. The molecule has 0 unspecified atom stereocenters. The smallest absolute Gasteiger partial charge is 0.231 e. The van der Waals surface area contributed by atoms with Gasteiger partial charge in [-0.25, -0.2) is 8.42 Å². The standard InChI is InChI=1S/C10H20N2O3S/c1-16(14,15)7-6-12(8-10(11)13)9-4-2-3-5-9/h9H,2-8H2,1H3,(H2,11,13). The van der Waals surface area contributed by atoms with Crippen molar-refractivity contribution < 1.29 is 13.2 Å². The first-order valence-electron chi connectivity index (χ1n) is 5.58. The third-order valence-electron chi connectivity index (χ3n) is 2.95. The Bertz CT molecular complexity index is 334. The first-order chi connectivity index (χ1) is 7.38. The molecule has 0 spiro atoms. The van der Waals surface area contributed by atoms with E-state index in [1.165, 1.54) is 6.26 Å². The molecular weight excluding hydrogens is 228 g/mol. The van der Waals surface area contributed by atoms with Gasteiger partial charge in [-0.3, -0.25) is 9.69 Å². The van der Waals surface area contributed by atoms with Crippen LogP contribution in [0.1, 0.15) is 25.7 Å². The maximum atomic E-state index is 11.1. The summed E-state index contributed by atoms with van der Waals surface area (Å²) in [5.41, 5.74) is 5.17. The lowest BCUT2D eigenvalue weighted by Crippen LogP contribution is -2.42. The molecule has 1 aliphatic carbocycles. The summed E-state index contributed by atoms with van der Waals surface area (Å²) in [5, 5.41) is 0. The molecule has 0 saturated heterocycles. The average molecular weight is 248 g/mol. The Balaban J connectivity index is 2.52. The van der Waals surface area contributed by atoms with Crippen molar-refractivity contribution in [3.8, 4) is 0 Å². The van der Waals surface area contributed by atoms with Gasteiger partial charge in [0.2, 0.25) is 5.91 Å². The minimum Gasteiger partial charge on any atom is -0.369 e. The molecule has 16 heavy (non-hydrogen) atoms. The maximum absolute atomic E-state index is 11.1. The predicted molar refractivity (Wildman–Crippen MR) is 62.7 cm³/mol. The lowest BCUT2D eigenvalue weighted by molar-refractivity contribution is -0.119. The molecule has 1 saturated carbocycles. The Labute approximate surface area is 96.9 Å². The molecule has 2 N–H and O–H groups in total. The zero-order chi connectivity index (χ0) is 12.2. The quantitative estimate of drug-likeness (QED) is 0.703. The number of rotatable bonds is 6. The van der Waals surface area contributed by atoms with Crippen molar-refractivity contribution in [3.05, 3.63) is 0 Å². The van der Waals surface area contributed by atoms with E-state index in [-0.39, 0.29) is 18.2 Å². The minimum absolute atomic E-state index is 0.0940. The van der Waals surface area contributed by atoms with Crippen molar-refractivity contribution in [2.45, 2.75) is 31.7 Å². The van der Waals surface area contributed by atoms with Crippen LogP contribution in [0.15, 0.2) is 0 Å². The molecule has 0 aromatic carbocycles. The van der Waals surface area contributed by atoms with Crippen molar-refractivity contribution in [2.75, 3.05) is 25.1 Å². The molecule has 1 aliphatic rings. The molecule has 94 valence electrons. The summed E-state index contributed by atoms with van der Waals surface area (Å²) in [5.74, 6) is -0.294. The molecule has 5 nitrogen and oxygen atoms in total. The van der Waals surface area contributed by atoms with Gasteiger partial charge in [-0.05, 0) is 12.8 Å². The molecular formula is C10H20N2O3S. The van der Waals surface area contributed by atoms with Crippen LogP contribution >= 0.6 is 0 Å². The van der Waals surface area contributed by atoms with Crippen LogP contribution in [0.25, 0.3) is 0 Å². The monoisotopic (exact) mass is 248 g/mol. The number of hydrogen-bond donors (Lipinski definition) is 1. The molecule has 0 heterocycles. The van der Waals surface area contributed by atoms with Crippen molar-refractivity contribution >= 4 is 15.7 Å². The fourth-order valence-electron chi connectivity index (χ4n) is 2.14. The number of nitrogens with zero attached hydrogens (tertiary/aromatic N) is 1. The van der Waals surface area contributed by atoms with E-state index in [0.717, 1.165) is 25.7 Å². The number of nitrogens with two attached hydrogens (primary N) is 1. The van der Waals surface area contributed by atoms with Gasteiger partial charge in [-0.15, -0.1) is 0 Å². The number of primary amides is 1. The van der Waals surface area contributed by atoms with Crippen LogP contribution in [-0.2, 0) is 14.6 Å². The van der Waals surface area contributed by atoms with Gasteiger partial charge in [0, 0.05) is 18.8 Å². The van der Waals surface area contributed by atoms with Crippen LogP contribution in [0.3, 0.4) is 0 Å². The van der Waals surface area contributed by atoms with Crippen LogP contribution in [-0.4, -0.2) is 50.4 Å². The summed E-state index contributed by atoms with van der Waals surface area (Å²) in [7, 11) is -2.98. The van der Waals surface area contributed by atoms with Crippen molar-refractivity contribution in [1.29, 1.82) is 0 Å². The number of carbonyl (C=O) groups excluding carboxylic acids is 1. The molecule has 0 aromatic heterocycles. The number of amides is 1. The second-order valence-corrected chi connectivity index (χ2v) is 6.76. The van der Waals surface area contributed by atoms with Crippen LogP contribution in [0.4, 0.5) is 0 Å². The third-order valence-corrected chi connectivity index (χ3v) is 3.87. The Morgan fingerprint density at radius 1 is 1.38 bits per heavy atom. The predicted octanol–water partition coefficient (Wildman–Crippen LogP) is -0.239. The Morgan fingerprint density at radius 2 is 1.94 bits per heavy atom. The lowest BCUT2D eigenvalue weighted by atomic mass is 10.2. The van der Waals surface area contributed by atoms with Crippen LogP contribution in [0.5, 0.6) is 0 Å². The second-order valence-electron chi connectivity index (χ2n) is 4.50. The molecule has 1 fully saturated rings. The molecule has 0 atom stereocenters. The summed E-state index contributed by atoms with van der Waals surface area (Å²) in [6.45, 7) is 0.576. The van der Waals surface area contributed by atoms with Gasteiger partial charge >= 0.3 is 0 Å². The molecule has 1 amide bonds. The van der Waals surface area contributed by atoms with Crippen molar-refractivity contribution in [1.82, 2.24) is 4.90 Å². The highest BCUT2D eigenvalue weighted by Gasteiger charge is 2.24. The van der Waals surface area contributed by atoms with Gasteiger partial charge in [0.1, 0.15) is 9.84 Å². The number of carbonyl (C=O) groups is 1. The Morgan fingerprint density at radius 3 is 2.38 bits per heavy atom. The van der Waals surface area contributed by atoms with E-state index in [0.29, 0.717) is 12.6 Å². The third kappa shape index (κ3) is 4.94. The van der Waals surface area contributed by atoms with Crippen LogP contribution in [0.2, 0.25) is 0 Å².